The molecular weight excluding hydrogens is 290 g/mol. The average Bonchev–Trinajstić information content (AvgIpc) is 2.47. The van der Waals surface area contributed by atoms with Gasteiger partial charge in [0, 0.05) is 27.5 Å². The zero-order valence-electron chi connectivity index (χ0n) is 11.6. The molecule has 0 aliphatic rings. The lowest BCUT2D eigenvalue weighted by atomic mass is 10.1. The summed E-state index contributed by atoms with van der Waals surface area (Å²) in [5, 5.41) is 20.6. The van der Waals surface area contributed by atoms with Crippen LogP contribution in [0.3, 0.4) is 0 Å². The lowest BCUT2D eigenvalue weighted by Gasteiger charge is -2.15. The fourth-order valence-corrected chi connectivity index (χ4v) is 3.02. The van der Waals surface area contributed by atoms with Gasteiger partial charge in [-0.15, -0.1) is 0 Å². The molecule has 21 heavy (non-hydrogen) atoms. The highest BCUT2D eigenvalue weighted by molar-refractivity contribution is 7.99. The monoisotopic (exact) mass is 305 g/mol. The Morgan fingerprint density at radius 2 is 1.90 bits per heavy atom. The highest BCUT2D eigenvalue weighted by atomic mass is 32.2. The van der Waals surface area contributed by atoms with E-state index in [-0.39, 0.29) is 5.69 Å². The maximum atomic E-state index is 10.6. The first kappa shape index (κ1) is 15.3. The second-order valence-electron chi connectivity index (χ2n) is 4.40. The molecule has 0 heterocycles. The van der Waals surface area contributed by atoms with Gasteiger partial charge < -0.3 is 9.84 Å². The van der Waals surface area contributed by atoms with Crippen LogP contribution in [0.1, 0.15) is 18.6 Å². The van der Waals surface area contributed by atoms with E-state index in [9.17, 15) is 15.2 Å². The number of non-ortho nitro benzene ring substituents is 1. The number of ether oxygens (including phenoxy) is 1. The SMILES string of the molecule is COc1cccc(Sc2ccc([N+](=O)[O-])cc2)c1[C@H](C)O. The van der Waals surface area contributed by atoms with Gasteiger partial charge in [-0.3, -0.25) is 10.1 Å². The number of nitro benzene ring substituents is 1. The molecule has 5 nitrogen and oxygen atoms in total. The number of hydrogen-bond acceptors (Lipinski definition) is 5. The molecule has 0 unspecified atom stereocenters. The Bertz CT molecular complexity index is 641. The van der Waals surface area contributed by atoms with Crippen molar-refractivity contribution in [2.45, 2.75) is 22.8 Å². The molecule has 2 aromatic rings. The van der Waals surface area contributed by atoms with Crippen molar-refractivity contribution in [2.24, 2.45) is 0 Å². The van der Waals surface area contributed by atoms with Gasteiger partial charge in [-0.05, 0) is 31.2 Å². The van der Waals surface area contributed by atoms with E-state index in [1.54, 1.807) is 32.2 Å². The van der Waals surface area contributed by atoms with E-state index in [4.69, 9.17) is 4.74 Å². The smallest absolute Gasteiger partial charge is 0.269 e. The van der Waals surface area contributed by atoms with Gasteiger partial charge in [0.1, 0.15) is 5.75 Å². The highest BCUT2D eigenvalue weighted by Crippen LogP contribution is 2.38. The van der Waals surface area contributed by atoms with Crippen LogP contribution in [0.4, 0.5) is 5.69 Å². The first-order valence-corrected chi connectivity index (χ1v) is 7.12. The van der Waals surface area contributed by atoms with Crippen LogP contribution < -0.4 is 4.74 Å². The molecule has 0 aliphatic carbocycles. The van der Waals surface area contributed by atoms with Crippen LogP contribution in [0.2, 0.25) is 0 Å². The van der Waals surface area contributed by atoms with Gasteiger partial charge in [0.2, 0.25) is 0 Å². The molecule has 2 rings (SSSR count). The van der Waals surface area contributed by atoms with E-state index in [0.717, 1.165) is 9.79 Å². The Hall–Kier alpha value is -2.05. The number of nitro groups is 1. The van der Waals surface area contributed by atoms with Crippen molar-refractivity contribution in [3.8, 4) is 5.75 Å². The molecule has 1 N–H and O–H groups in total. The second kappa shape index (κ2) is 6.60. The predicted molar refractivity (Wildman–Crippen MR) is 80.8 cm³/mol. The molecule has 6 heteroatoms. The van der Waals surface area contributed by atoms with Crippen LogP contribution in [0.15, 0.2) is 52.3 Å². The van der Waals surface area contributed by atoms with Crippen molar-refractivity contribution in [3.05, 3.63) is 58.1 Å². The number of aliphatic hydroxyl groups is 1. The molecule has 0 bridgehead atoms. The van der Waals surface area contributed by atoms with Gasteiger partial charge >= 0.3 is 0 Å². The minimum atomic E-state index is -0.665. The lowest BCUT2D eigenvalue weighted by Crippen LogP contribution is -1.98. The molecule has 110 valence electrons. The third kappa shape index (κ3) is 3.53. The molecule has 2 aromatic carbocycles. The summed E-state index contributed by atoms with van der Waals surface area (Å²) in [6.07, 6.45) is -0.665. The van der Waals surface area contributed by atoms with Crippen LogP contribution in [-0.2, 0) is 0 Å². The van der Waals surface area contributed by atoms with Crippen molar-refractivity contribution in [1.82, 2.24) is 0 Å². The van der Waals surface area contributed by atoms with Gasteiger partial charge in [0.25, 0.3) is 5.69 Å². The number of hydrogen-bond donors (Lipinski definition) is 1. The Labute approximate surface area is 126 Å². The summed E-state index contributed by atoms with van der Waals surface area (Å²) in [6.45, 7) is 1.68. The second-order valence-corrected chi connectivity index (χ2v) is 5.52. The fraction of sp³-hybridized carbons (Fsp3) is 0.200. The molecule has 1 atom stereocenters. The van der Waals surface area contributed by atoms with Gasteiger partial charge in [-0.1, -0.05) is 17.8 Å². The van der Waals surface area contributed by atoms with E-state index in [2.05, 4.69) is 0 Å². The minimum Gasteiger partial charge on any atom is -0.496 e. The van der Waals surface area contributed by atoms with Gasteiger partial charge in [-0.2, -0.15) is 0 Å². The molecule has 0 spiro atoms. The largest absolute Gasteiger partial charge is 0.496 e. The summed E-state index contributed by atoms with van der Waals surface area (Å²) in [5.41, 5.74) is 0.768. The van der Waals surface area contributed by atoms with Crippen LogP contribution >= 0.6 is 11.8 Å². The Morgan fingerprint density at radius 3 is 2.43 bits per heavy atom. The van der Waals surface area contributed by atoms with Crippen LogP contribution in [0.5, 0.6) is 5.75 Å². The summed E-state index contributed by atoms with van der Waals surface area (Å²) in [6, 6.07) is 11.8. The van der Waals surface area contributed by atoms with Crippen molar-refractivity contribution in [2.75, 3.05) is 7.11 Å². The van der Waals surface area contributed by atoms with E-state index < -0.39 is 11.0 Å². The summed E-state index contributed by atoms with van der Waals surface area (Å²) >= 11 is 1.43. The molecule has 0 fully saturated rings. The molecule has 0 aromatic heterocycles. The number of methoxy groups -OCH3 is 1. The standard InChI is InChI=1S/C15H15NO4S/c1-10(17)15-13(20-2)4-3-5-14(15)21-12-8-6-11(7-9-12)16(18)19/h3-10,17H,1-2H3/t10-/m0/s1. The average molecular weight is 305 g/mol. The van der Waals surface area contributed by atoms with Crippen molar-refractivity contribution < 1.29 is 14.8 Å². The Kier molecular flexibility index (Phi) is 4.82. The number of aliphatic hydroxyl groups excluding tert-OH is 1. The first-order valence-electron chi connectivity index (χ1n) is 6.30. The molecule has 0 amide bonds. The van der Waals surface area contributed by atoms with E-state index >= 15 is 0 Å². The molecule has 0 saturated heterocycles. The van der Waals surface area contributed by atoms with E-state index in [1.807, 2.05) is 12.1 Å². The van der Waals surface area contributed by atoms with Crippen LogP contribution in [0, 0.1) is 10.1 Å². The summed E-state index contributed by atoms with van der Waals surface area (Å²) < 4.78 is 5.27. The van der Waals surface area contributed by atoms with Crippen LogP contribution in [0.25, 0.3) is 0 Å². The molecular formula is C15H15NO4S. The third-order valence-electron chi connectivity index (χ3n) is 2.94. The number of rotatable bonds is 5. The maximum Gasteiger partial charge on any atom is 0.269 e. The van der Waals surface area contributed by atoms with Gasteiger partial charge in [0.15, 0.2) is 0 Å². The Balaban J connectivity index is 2.33. The fourth-order valence-electron chi connectivity index (χ4n) is 1.97. The Morgan fingerprint density at radius 1 is 1.24 bits per heavy atom. The number of benzene rings is 2. The van der Waals surface area contributed by atoms with Crippen molar-refractivity contribution in [1.29, 1.82) is 0 Å². The molecule has 0 radical (unpaired) electrons. The van der Waals surface area contributed by atoms with Gasteiger partial charge in [0.05, 0.1) is 18.1 Å². The quantitative estimate of drug-likeness (QED) is 0.671. The first-order chi connectivity index (χ1) is 10.0. The summed E-state index contributed by atoms with van der Waals surface area (Å²) in [4.78, 5) is 11.9. The van der Waals surface area contributed by atoms with Crippen LogP contribution in [-0.4, -0.2) is 17.1 Å². The highest BCUT2D eigenvalue weighted by Gasteiger charge is 2.15. The van der Waals surface area contributed by atoms with Crippen molar-refractivity contribution >= 4 is 17.4 Å². The zero-order chi connectivity index (χ0) is 15.4. The third-order valence-corrected chi connectivity index (χ3v) is 4.02. The maximum absolute atomic E-state index is 10.6. The van der Waals surface area contributed by atoms with E-state index in [0.29, 0.717) is 11.3 Å². The molecule has 0 aliphatic heterocycles. The number of nitrogens with zero attached hydrogens (tertiary/aromatic N) is 1. The normalized spacial score (nSPS) is 12.0. The zero-order valence-corrected chi connectivity index (χ0v) is 12.5. The predicted octanol–water partition coefficient (Wildman–Crippen LogP) is 3.81. The lowest BCUT2D eigenvalue weighted by molar-refractivity contribution is -0.384. The minimum absolute atomic E-state index is 0.0562. The summed E-state index contributed by atoms with van der Waals surface area (Å²) in [7, 11) is 1.56. The summed E-state index contributed by atoms with van der Waals surface area (Å²) in [5.74, 6) is 0.622. The molecule has 0 saturated carbocycles. The van der Waals surface area contributed by atoms with Gasteiger partial charge in [-0.25, -0.2) is 0 Å². The topological polar surface area (TPSA) is 72.6 Å². The van der Waals surface area contributed by atoms with E-state index in [1.165, 1.54) is 23.9 Å². The van der Waals surface area contributed by atoms with Crippen molar-refractivity contribution in [3.63, 3.8) is 0 Å².